The molecule has 0 spiro atoms. The van der Waals surface area contributed by atoms with Gasteiger partial charge >= 0.3 is 5.97 Å². The molecule has 33 heavy (non-hydrogen) atoms. The van der Waals surface area contributed by atoms with Gasteiger partial charge < -0.3 is 24.6 Å². The maximum atomic E-state index is 13.7. The SMILES string of the molecule is CCOC(=O)c1[nH]c(C)c(/C([O-])=C2\C(=O)C(=O)N(CC[NH+](C)C)C2c2cccc(Cl)c2)c1C. The fraction of sp³-hybridized carbons (Fsp3) is 0.375. The fourth-order valence-corrected chi connectivity index (χ4v) is 4.30. The number of nitrogens with one attached hydrogen (secondary N) is 2. The van der Waals surface area contributed by atoms with E-state index in [-0.39, 0.29) is 23.4 Å². The molecule has 1 aliphatic rings. The second kappa shape index (κ2) is 9.80. The van der Waals surface area contributed by atoms with Gasteiger partial charge in [-0.2, -0.15) is 0 Å². The van der Waals surface area contributed by atoms with Gasteiger partial charge in [0.25, 0.3) is 5.91 Å². The highest BCUT2D eigenvalue weighted by Gasteiger charge is 2.44. The Bertz CT molecular complexity index is 1140. The summed E-state index contributed by atoms with van der Waals surface area (Å²) in [6.45, 7) is 6.02. The summed E-state index contributed by atoms with van der Waals surface area (Å²) in [5.41, 5.74) is 1.59. The Morgan fingerprint density at radius 1 is 1.27 bits per heavy atom. The Kier molecular flexibility index (Phi) is 7.29. The standard InChI is InChI=1S/C24H28ClN3O5/c1-6-33-24(32)19-13(2)17(14(3)26-19)21(29)18-20(15-8-7-9-16(25)12-15)28(11-10-27(4)5)23(31)22(18)30/h7-9,12,20,26,29H,6,10-11H2,1-5H3/b21-18+. The van der Waals surface area contributed by atoms with E-state index in [0.29, 0.717) is 34.9 Å². The number of rotatable bonds is 7. The molecular formula is C24H28ClN3O5. The zero-order valence-corrected chi connectivity index (χ0v) is 20.1. The number of ether oxygens (including phenoxy) is 1. The summed E-state index contributed by atoms with van der Waals surface area (Å²) in [4.78, 5) is 43.8. The number of likely N-dealkylation sites (N-methyl/N-ethyl adjacent to an activating group) is 1. The van der Waals surface area contributed by atoms with Gasteiger partial charge in [-0.15, -0.1) is 0 Å². The summed E-state index contributed by atoms with van der Waals surface area (Å²) in [5.74, 6) is -2.73. The molecule has 2 heterocycles. The van der Waals surface area contributed by atoms with Gasteiger partial charge in [0, 0.05) is 16.3 Å². The highest BCUT2D eigenvalue weighted by molar-refractivity contribution is 6.46. The van der Waals surface area contributed by atoms with E-state index in [1.165, 1.54) is 4.90 Å². The van der Waals surface area contributed by atoms with Crippen molar-refractivity contribution >= 4 is 35.0 Å². The third kappa shape index (κ3) is 4.67. The molecule has 1 aromatic carbocycles. The highest BCUT2D eigenvalue weighted by atomic mass is 35.5. The van der Waals surface area contributed by atoms with Crippen LogP contribution in [0, 0.1) is 13.8 Å². The largest absolute Gasteiger partial charge is 0.872 e. The summed E-state index contributed by atoms with van der Waals surface area (Å²) >= 11 is 6.19. The molecule has 1 amide bonds. The number of nitrogens with zero attached hydrogens (tertiary/aromatic N) is 1. The molecule has 0 saturated carbocycles. The Balaban J connectivity index is 2.20. The zero-order valence-electron chi connectivity index (χ0n) is 19.4. The minimum atomic E-state index is -0.865. The van der Waals surface area contributed by atoms with Gasteiger partial charge in [0.2, 0.25) is 5.78 Å². The van der Waals surface area contributed by atoms with E-state index in [0.717, 1.165) is 4.90 Å². The van der Waals surface area contributed by atoms with Crippen LogP contribution in [0.2, 0.25) is 5.02 Å². The number of quaternary nitrogens is 1. The quantitative estimate of drug-likeness (QED) is 0.268. The molecule has 1 aliphatic heterocycles. The van der Waals surface area contributed by atoms with E-state index >= 15 is 0 Å². The predicted octanol–water partition coefficient (Wildman–Crippen LogP) is 0.830. The first kappa shape index (κ1) is 24.5. The molecule has 1 atom stereocenters. The fourth-order valence-electron chi connectivity index (χ4n) is 4.10. The van der Waals surface area contributed by atoms with Crippen molar-refractivity contribution in [3.8, 4) is 0 Å². The number of hydrogen-bond acceptors (Lipinski definition) is 5. The number of aryl methyl sites for hydroxylation is 1. The first-order valence-corrected chi connectivity index (χ1v) is 11.1. The van der Waals surface area contributed by atoms with Gasteiger partial charge in [0.05, 0.1) is 39.8 Å². The predicted molar refractivity (Wildman–Crippen MR) is 122 cm³/mol. The molecule has 8 nitrogen and oxygen atoms in total. The number of carbonyl (C=O) groups is 3. The molecule has 0 aliphatic carbocycles. The van der Waals surface area contributed by atoms with Gasteiger partial charge in [-0.3, -0.25) is 9.59 Å². The molecule has 0 radical (unpaired) electrons. The third-order valence-corrected chi connectivity index (χ3v) is 5.93. The number of Topliss-reactive ketones (excluding diaryl/α,β-unsaturated/α-hetero) is 1. The van der Waals surface area contributed by atoms with E-state index in [1.54, 1.807) is 45.0 Å². The lowest BCUT2D eigenvalue weighted by atomic mass is 9.94. The Morgan fingerprint density at radius 2 is 1.97 bits per heavy atom. The van der Waals surface area contributed by atoms with Crippen LogP contribution in [-0.2, 0) is 14.3 Å². The molecule has 1 aromatic heterocycles. The number of ketones is 1. The van der Waals surface area contributed by atoms with Gasteiger partial charge in [-0.1, -0.05) is 29.5 Å². The second-order valence-corrected chi connectivity index (χ2v) is 8.77. The average Bonchev–Trinajstić information content (AvgIpc) is 3.19. The van der Waals surface area contributed by atoms with Crippen LogP contribution in [0.1, 0.15) is 45.8 Å². The number of likely N-dealkylation sites (tertiary alicyclic amines) is 1. The van der Waals surface area contributed by atoms with Crippen molar-refractivity contribution in [2.75, 3.05) is 33.8 Å². The van der Waals surface area contributed by atoms with Crippen LogP contribution < -0.4 is 10.0 Å². The number of amides is 1. The van der Waals surface area contributed by atoms with Crippen LogP contribution in [0.3, 0.4) is 0 Å². The van der Waals surface area contributed by atoms with Crippen molar-refractivity contribution in [2.45, 2.75) is 26.8 Å². The summed E-state index contributed by atoms with van der Waals surface area (Å²) in [6.07, 6.45) is 0. The summed E-state index contributed by atoms with van der Waals surface area (Å²) < 4.78 is 5.06. The lowest BCUT2D eigenvalue weighted by Gasteiger charge is -2.28. The molecule has 2 aromatic rings. The lowest BCUT2D eigenvalue weighted by Crippen LogP contribution is -3.06. The normalized spacial score (nSPS) is 17.8. The maximum Gasteiger partial charge on any atom is 0.355 e. The minimum absolute atomic E-state index is 0.142. The van der Waals surface area contributed by atoms with E-state index in [4.69, 9.17) is 16.3 Å². The molecule has 9 heteroatoms. The average molecular weight is 474 g/mol. The first-order chi connectivity index (χ1) is 15.6. The molecule has 1 fully saturated rings. The Morgan fingerprint density at radius 3 is 2.58 bits per heavy atom. The van der Waals surface area contributed by atoms with Gasteiger partial charge in [0.15, 0.2) is 0 Å². The number of carbonyl (C=O) groups excluding carboxylic acids is 3. The summed E-state index contributed by atoms with van der Waals surface area (Å²) in [5, 5.41) is 14.2. The zero-order chi connectivity index (χ0) is 24.4. The number of benzene rings is 1. The monoisotopic (exact) mass is 473 g/mol. The van der Waals surface area contributed by atoms with Gasteiger partial charge in [-0.05, 0) is 49.6 Å². The molecule has 1 unspecified atom stereocenters. The van der Waals surface area contributed by atoms with Gasteiger partial charge in [0.1, 0.15) is 5.69 Å². The van der Waals surface area contributed by atoms with Crippen LogP contribution in [0.25, 0.3) is 5.76 Å². The first-order valence-electron chi connectivity index (χ1n) is 10.8. The minimum Gasteiger partial charge on any atom is -0.872 e. The van der Waals surface area contributed by atoms with Crippen molar-refractivity contribution in [2.24, 2.45) is 0 Å². The van der Waals surface area contributed by atoms with Crippen molar-refractivity contribution in [1.82, 2.24) is 9.88 Å². The van der Waals surface area contributed by atoms with Crippen LogP contribution in [0.15, 0.2) is 29.8 Å². The van der Waals surface area contributed by atoms with Crippen molar-refractivity contribution < 1.29 is 29.1 Å². The van der Waals surface area contributed by atoms with Crippen molar-refractivity contribution in [1.29, 1.82) is 0 Å². The molecular weight excluding hydrogens is 446 g/mol. The molecule has 2 N–H and O–H groups in total. The molecule has 1 saturated heterocycles. The lowest BCUT2D eigenvalue weighted by molar-refractivity contribution is -0.857. The van der Waals surface area contributed by atoms with Crippen LogP contribution in [-0.4, -0.2) is 61.3 Å². The van der Waals surface area contributed by atoms with E-state index < -0.39 is 29.5 Å². The van der Waals surface area contributed by atoms with Crippen molar-refractivity contribution in [3.05, 3.63) is 62.9 Å². The number of aromatic amines is 1. The second-order valence-electron chi connectivity index (χ2n) is 8.33. The third-order valence-electron chi connectivity index (χ3n) is 5.69. The van der Waals surface area contributed by atoms with E-state index in [2.05, 4.69) is 4.98 Å². The number of aromatic nitrogens is 1. The number of halogens is 1. The molecule has 3 rings (SSSR count). The maximum absolute atomic E-state index is 13.7. The number of H-pyrrole nitrogens is 1. The summed E-state index contributed by atoms with van der Waals surface area (Å²) in [7, 11) is 3.88. The topological polar surface area (TPSA) is 107 Å². The van der Waals surface area contributed by atoms with Gasteiger partial charge in [-0.25, -0.2) is 4.79 Å². The van der Waals surface area contributed by atoms with Crippen molar-refractivity contribution in [3.63, 3.8) is 0 Å². The van der Waals surface area contributed by atoms with E-state index in [9.17, 15) is 19.5 Å². The number of esters is 1. The molecule has 176 valence electrons. The highest BCUT2D eigenvalue weighted by Crippen LogP contribution is 2.40. The van der Waals surface area contributed by atoms with Crippen LogP contribution in [0.4, 0.5) is 0 Å². The summed E-state index contributed by atoms with van der Waals surface area (Å²) in [6, 6.07) is 5.93. The smallest absolute Gasteiger partial charge is 0.355 e. The van der Waals surface area contributed by atoms with E-state index in [1.807, 2.05) is 14.1 Å². The van der Waals surface area contributed by atoms with Crippen LogP contribution in [0.5, 0.6) is 0 Å². The Labute approximate surface area is 197 Å². The Hall–Kier alpha value is -3.10. The van der Waals surface area contributed by atoms with Crippen LogP contribution >= 0.6 is 11.6 Å². The number of hydrogen-bond donors (Lipinski definition) is 2. The molecule has 0 bridgehead atoms.